The average molecular weight is 295 g/mol. The van der Waals surface area contributed by atoms with Crippen LogP contribution >= 0.6 is 11.6 Å². The van der Waals surface area contributed by atoms with Gasteiger partial charge in [0.25, 0.3) is 0 Å². The number of carbonyl (C=O) groups is 1. The maximum Gasteiger partial charge on any atom is 0.242 e. The first-order chi connectivity index (χ1) is 9.70. The SMILES string of the molecule is CCCN1CCC(NC(=O)C(Cl)c2ccccc2)CC1. The summed E-state index contributed by atoms with van der Waals surface area (Å²) in [6, 6.07) is 9.78. The fourth-order valence-corrected chi connectivity index (χ4v) is 2.87. The molecule has 20 heavy (non-hydrogen) atoms. The van der Waals surface area contributed by atoms with Crippen molar-refractivity contribution in [2.24, 2.45) is 0 Å². The lowest BCUT2D eigenvalue weighted by Crippen LogP contribution is -2.45. The highest BCUT2D eigenvalue weighted by Gasteiger charge is 2.23. The van der Waals surface area contributed by atoms with Gasteiger partial charge in [-0.2, -0.15) is 0 Å². The molecule has 1 aliphatic rings. The Balaban J connectivity index is 1.81. The van der Waals surface area contributed by atoms with Crippen molar-refractivity contribution in [2.75, 3.05) is 19.6 Å². The van der Waals surface area contributed by atoms with Crippen LogP contribution in [0.25, 0.3) is 0 Å². The fourth-order valence-electron chi connectivity index (χ4n) is 2.66. The minimum absolute atomic E-state index is 0.0770. The molecule has 1 fully saturated rings. The van der Waals surface area contributed by atoms with E-state index in [9.17, 15) is 4.79 Å². The van der Waals surface area contributed by atoms with Gasteiger partial charge in [-0.1, -0.05) is 37.3 Å². The Morgan fingerprint density at radius 2 is 2.00 bits per heavy atom. The van der Waals surface area contributed by atoms with E-state index in [4.69, 9.17) is 11.6 Å². The molecular formula is C16H23ClN2O. The van der Waals surface area contributed by atoms with Gasteiger partial charge < -0.3 is 10.2 Å². The lowest BCUT2D eigenvalue weighted by molar-refractivity contribution is -0.121. The Labute approximate surface area is 126 Å². The first kappa shape index (κ1) is 15.3. The third-order valence-corrected chi connectivity index (χ3v) is 4.25. The molecule has 1 saturated heterocycles. The van der Waals surface area contributed by atoms with Gasteiger partial charge in [0.05, 0.1) is 0 Å². The molecule has 2 rings (SSSR count). The minimum Gasteiger partial charge on any atom is -0.352 e. The molecule has 110 valence electrons. The molecule has 0 spiro atoms. The second-order valence-electron chi connectivity index (χ2n) is 5.40. The van der Waals surface area contributed by atoms with Gasteiger partial charge in [0.15, 0.2) is 0 Å². The van der Waals surface area contributed by atoms with Crippen LogP contribution in [0.4, 0.5) is 0 Å². The Hall–Kier alpha value is -1.06. The van der Waals surface area contributed by atoms with Crippen LogP contribution in [0.1, 0.15) is 37.1 Å². The highest BCUT2D eigenvalue weighted by molar-refractivity contribution is 6.30. The van der Waals surface area contributed by atoms with Crippen molar-refractivity contribution >= 4 is 17.5 Å². The second-order valence-corrected chi connectivity index (χ2v) is 5.83. The largest absolute Gasteiger partial charge is 0.352 e. The summed E-state index contributed by atoms with van der Waals surface area (Å²) in [5.41, 5.74) is 0.857. The molecule has 0 saturated carbocycles. The fraction of sp³-hybridized carbons (Fsp3) is 0.562. The van der Waals surface area contributed by atoms with Crippen LogP contribution in [0, 0.1) is 0 Å². The molecule has 1 aromatic rings. The third-order valence-electron chi connectivity index (χ3n) is 3.80. The number of nitrogens with one attached hydrogen (secondary N) is 1. The predicted octanol–water partition coefficient (Wildman–Crippen LogP) is 2.96. The van der Waals surface area contributed by atoms with E-state index >= 15 is 0 Å². The monoisotopic (exact) mass is 294 g/mol. The van der Waals surface area contributed by atoms with E-state index in [2.05, 4.69) is 17.1 Å². The van der Waals surface area contributed by atoms with Crippen molar-refractivity contribution in [2.45, 2.75) is 37.6 Å². The molecule has 0 radical (unpaired) electrons. The summed E-state index contributed by atoms with van der Waals surface area (Å²) < 4.78 is 0. The van der Waals surface area contributed by atoms with Crippen molar-refractivity contribution in [1.82, 2.24) is 10.2 Å². The molecule has 1 heterocycles. The van der Waals surface area contributed by atoms with Crippen LogP contribution < -0.4 is 5.32 Å². The van der Waals surface area contributed by atoms with Gasteiger partial charge in [0.1, 0.15) is 5.38 Å². The van der Waals surface area contributed by atoms with E-state index in [0.29, 0.717) is 0 Å². The number of hydrogen-bond acceptors (Lipinski definition) is 2. The van der Waals surface area contributed by atoms with Gasteiger partial charge in [-0.15, -0.1) is 11.6 Å². The van der Waals surface area contributed by atoms with E-state index in [1.165, 1.54) is 6.42 Å². The van der Waals surface area contributed by atoms with Crippen LogP contribution in [0.5, 0.6) is 0 Å². The standard InChI is InChI=1S/C16H23ClN2O/c1-2-10-19-11-8-14(9-12-19)18-16(20)15(17)13-6-4-3-5-7-13/h3-7,14-15H,2,8-12H2,1H3,(H,18,20). The Morgan fingerprint density at radius 3 is 2.60 bits per heavy atom. The zero-order valence-electron chi connectivity index (χ0n) is 12.0. The number of likely N-dealkylation sites (tertiary alicyclic amines) is 1. The van der Waals surface area contributed by atoms with Crippen LogP contribution in [0.15, 0.2) is 30.3 Å². The first-order valence-corrected chi connectivity index (χ1v) is 7.86. The number of nitrogens with zero attached hydrogens (tertiary/aromatic N) is 1. The molecule has 0 bridgehead atoms. The van der Waals surface area contributed by atoms with Crippen molar-refractivity contribution in [3.8, 4) is 0 Å². The number of hydrogen-bond donors (Lipinski definition) is 1. The maximum absolute atomic E-state index is 12.2. The Morgan fingerprint density at radius 1 is 1.35 bits per heavy atom. The average Bonchev–Trinajstić information content (AvgIpc) is 2.49. The lowest BCUT2D eigenvalue weighted by Gasteiger charge is -2.32. The molecule has 3 nitrogen and oxygen atoms in total. The minimum atomic E-state index is -0.593. The smallest absolute Gasteiger partial charge is 0.242 e. The summed E-state index contributed by atoms with van der Waals surface area (Å²) >= 11 is 6.23. The summed E-state index contributed by atoms with van der Waals surface area (Å²) in [6.45, 7) is 5.49. The number of carbonyl (C=O) groups excluding carboxylic acids is 1. The molecule has 1 amide bonds. The highest BCUT2D eigenvalue weighted by atomic mass is 35.5. The number of rotatable bonds is 5. The third kappa shape index (κ3) is 4.22. The van der Waals surface area contributed by atoms with Crippen LogP contribution in [-0.2, 0) is 4.79 Å². The second kappa shape index (κ2) is 7.65. The topological polar surface area (TPSA) is 32.3 Å². The summed E-state index contributed by atoms with van der Waals surface area (Å²) in [5, 5.41) is 2.49. The van der Waals surface area contributed by atoms with Gasteiger partial charge in [-0.05, 0) is 31.4 Å². The number of piperidine rings is 1. The zero-order valence-corrected chi connectivity index (χ0v) is 12.8. The molecule has 1 unspecified atom stereocenters. The van der Waals surface area contributed by atoms with E-state index < -0.39 is 5.38 Å². The van der Waals surface area contributed by atoms with E-state index in [1.807, 2.05) is 30.3 Å². The van der Waals surface area contributed by atoms with Gasteiger partial charge in [-0.3, -0.25) is 4.79 Å². The molecule has 0 aromatic heterocycles. The summed E-state index contributed by atoms with van der Waals surface area (Å²) in [4.78, 5) is 14.6. The number of benzene rings is 1. The predicted molar refractivity (Wildman–Crippen MR) is 82.9 cm³/mol. The van der Waals surface area contributed by atoms with Crippen molar-refractivity contribution in [3.63, 3.8) is 0 Å². The first-order valence-electron chi connectivity index (χ1n) is 7.42. The highest BCUT2D eigenvalue weighted by Crippen LogP contribution is 2.21. The van der Waals surface area contributed by atoms with Crippen molar-refractivity contribution in [3.05, 3.63) is 35.9 Å². The van der Waals surface area contributed by atoms with Crippen LogP contribution in [0.2, 0.25) is 0 Å². The quantitative estimate of drug-likeness (QED) is 0.847. The van der Waals surface area contributed by atoms with Crippen LogP contribution in [-0.4, -0.2) is 36.5 Å². The number of alkyl halides is 1. The summed E-state index contributed by atoms with van der Waals surface area (Å²) in [5.74, 6) is -0.0770. The molecule has 1 aliphatic heterocycles. The van der Waals surface area contributed by atoms with E-state index in [-0.39, 0.29) is 11.9 Å². The molecule has 1 N–H and O–H groups in total. The molecular weight excluding hydrogens is 272 g/mol. The Kier molecular flexibility index (Phi) is 5.86. The van der Waals surface area contributed by atoms with Gasteiger partial charge >= 0.3 is 0 Å². The number of halogens is 1. The van der Waals surface area contributed by atoms with Crippen LogP contribution in [0.3, 0.4) is 0 Å². The van der Waals surface area contributed by atoms with Gasteiger partial charge in [0.2, 0.25) is 5.91 Å². The lowest BCUT2D eigenvalue weighted by atomic mass is 10.0. The summed E-state index contributed by atoms with van der Waals surface area (Å²) in [6.07, 6.45) is 3.23. The number of amides is 1. The van der Waals surface area contributed by atoms with Crippen molar-refractivity contribution < 1.29 is 4.79 Å². The normalized spacial score (nSPS) is 18.7. The molecule has 1 aromatic carbocycles. The van der Waals surface area contributed by atoms with Crippen molar-refractivity contribution in [1.29, 1.82) is 0 Å². The van der Waals surface area contributed by atoms with Gasteiger partial charge in [-0.25, -0.2) is 0 Å². The maximum atomic E-state index is 12.2. The molecule has 1 atom stereocenters. The van der Waals surface area contributed by atoms with E-state index in [1.54, 1.807) is 0 Å². The summed E-state index contributed by atoms with van der Waals surface area (Å²) in [7, 11) is 0. The van der Waals surface area contributed by atoms with E-state index in [0.717, 1.165) is 38.0 Å². The Bertz CT molecular complexity index is 416. The molecule has 0 aliphatic carbocycles. The van der Waals surface area contributed by atoms with Gasteiger partial charge in [0, 0.05) is 19.1 Å². The zero-order chi connectivity index (χ0) is 14.4. The molecule has 4 heteroatoms.